The van der Waals surface area contributed by atoms with Crippen LogP contribution < -0.4 is 11.1 Å². The molecule has 96 valence electrons. The summed E-state index contributed by atoms with van der Waals surface area (Å²) in [5.74, 6) is 0.571. The van der Waals surface area contributed by atoms with Gasteiger partial charge in [0, 0.05) is 17.8 Å². The molecule has 1 aromatic carbocycles. The molecule has 1 amide bonds. The summed E-state index contributed by atoms with van der Waals surface area (Å²) in [7, 11) is 0. The normalized spacial score (nSPS) is 18.6. The summed E-state index contributed by atoms with van der Waals surface area (Å²) in [5, 5.41) is 3.00. The summed E-state index contributed by atoms with van der Waals surface area (Å²) in [5.41, 5.74) is 8.10. The SMILES string of the molecule is Cc1cc(C(=O)NCC2CC=CCC2)ccc1N. The summed E-state index contributed by atoms with van der Waals surface area (Å²) in [6.45, 7) is 2.67. The number of amides is 1. The number of allylic oxidation sites excluding steroid dienone is 2. The molecular weight excluding hydrogens is 224 g/mol. The first-order valence-electron chi connectivity index (χ1n) is 6.46. The quantitative estimate of drug-likeness (QED) is 0.634. The molecule has 0 saturated carbocycles. The van der Waals surface area contributed by atoms with E-state index in [1.54, 1.807) is 12.1 Å². The van der Waals surface area contributed by atoms with Gasteiger partial charge in [-0.25, -0.2) is 0 Å². The molecule has 2 rings (SSSR count). The van der Waals surface area contributed by atoms with Gasteiger partial charge in [0.1, 0.15) is 0 Å². The van der Waals surface area contributed by atoms with Gasteiger partial charge in [-0.15, -0.1) is 0 Å². The topological polar surface area (TPSA) is 55.1 Å². The number of aryl methyl sites for hydroxylation is 1. The van der Waals surface area contributed by atoms with Crippen LogP contribution in [0.5, 0.6) is 0 Å². The molecule has 1 aromatic rings. The molecule has 0 spiro atoms. The van der Waals surface area contributed by atoms with Crippen LogP contribution in [0, 0.1) is 12.8 Å². The minimum Gasteiger partial charge on any atom is -0.399 e. The van der Waals surface area contributed by atoms with Crippen molar-refractivity contribution in [3.05, 3.63) is 41.5 Å². The summed E-state index contributed by atoms with van der Waals surface area (Å²) in [6, 6.07) is 5.40. The fraction of sp³-hybridized carbons (Fsp3) is 0.400. The predicted molar refractivity (Wildman–Crippen MR) is 74.4 cm³/mol. The first-order valence-corrected chi connectivity index (χ1v) is 6.46. The van der Waals surface area contributed by atoms with Gasteiger partial charge in [-0.2, -0.15) is 0 Å². The molecule has 0 fully saturated rings. The number of anilines is 1. The Balaban J connectivity index is 1.91. The highest BCUT2D eigenvalue weighted by Gasteiger charge is 2.12. The minimum absolute atomic E-state index is 0.00680. The Morgan fingerprint density at radius 2 is 2.28 bits per heavy atom. The van der Waals surface area contributed by atoms with Crippen LogP contribution in [-0.2, 0) is 0 Å². The first kappa shape index (κ1) is 12.7. The molecule has 0 bridgehead atoms. The Kier molecular flexibility index (Phi) is 4.03. The zero-order chi connectivity index (χ0) is 13.0. The van der Waals surface area contributed by atoms with E-state index in [1.165, 1.54) is 0 Å². The van der Waals surface area contributed by atoms with Crippen molar-refractivity contribution >= 4 is 11.6 Å². The van der Waals surface area contributed by atoms with Crippen molar-refractivity contribution < 1.29 is 4.79 Å². The molecular formula is C15H20N2O. The molecule has 0 radical (unpaired) electrons. The lowest BCUT2D eigenvalue weighted by Crippen LogP contribution is -2.29. The Hall–Kier alpha value is -1.77. The number of carbonyl (C=O) groups excluding carboxylic acids is 1. The first-order chi connectivity index (χ1) is 8.66. The van der Waals surface area contributed by atoms with E-state index < -0.39 is 0 Å². The molecule has 0 aromatic heterocycles. The number of rotatable bonds is 3. The number of benzene rings is 1. The summed E-state index contributed by atoms with van der Waals surface area (Å²) in [4.78, 5) is 12.0. The van der Waals surface area contributed by atoms with E-state index in [2.05, 4.69) is 17.5 Å². The highest BCUT2D eigenvalue weighted by molar-refractivity contribution is 5.94. The standard InChI is InChI=1S/C15H20N2O/c1-11-9-13(7-8-14(11)16)15(18)17-10-12-5-3-2-4-6-12/h2-3,7-9,12H,4-6,10,16H2,1H3,(H,17,18). The van der Waals surface area contributed by atoms with E-state index in [1.807, 2.05) is 13.0 Å². The second-order valence-electron chi connectivity index (χ2n) is 4.93. The van der Waals surface area contributed by atoms with Gasteiger partial charge in [0.15, 0.2) is 0 Å². The smallest absolute Gasteiger partial charge is 0.251 e. The van der Waals surface area contributed by atoms with Gasteiger partial charge in [0.05, 0.1) is 0 Å². The van der Waals surface area contributed by atoms with E-state index in [9.17, 15) is 4.79 Å². The van der Waals surface area contributed by atoms with Gasteiger partial charge in [-0.3, -0.25) is 4.79 Å². The molecule has 3 heteroatoms. The number of carbonyl (C=O) groups is 1. The fourth-order valence-corrected chi connectivity index (χ4v) is 2.20. The lowest BCUT2D eigenvalue weighted by Gasteiger charge is -2.18. The van der Waals surface area contributed by atoms with Crippen LogP contribution in [0.1, 0.15) is 35.2 Å². The van der Waals surface area contributed by atoms with Gasteiger partial charge in [-0.05, 0) is 55.9 Å². The maximum atomic E-state index is 12.0. The van der Waals surface area contributed by atoms with Crippen molar-refractivity contribution in [3.8, 4) is 0 Å². The molecule has 0 saturated heterocycles. The maximum absolute atomic E-state index is 12.0. The molecule has 18 heavy (non-hydrogen) atoms. The van der Waals surface area contributed by atoms with Crippen molar-refractivity contribution in [3.63, 3.8) is 0 Å². The number of hydrogen-bond acceptors (Lipinski definition) is 2. The highest BCUT2D eigenvalue weighted by Crippen LogP contribution is 2.17. The third-order valence-electron chi connectivity index (χ3n) is 3.46. The number of hydrogen-bond donors (Lipinski definition) is 2. The van der Waals surface area contributed by atoms with E-state index >= 15 is 0 Å². The lowest BCUT2D eigenvalue weighted by atomic mass is 9.94. The summed E-state index contributed by atoms with van der Waals surface area (Å²) < 4.78 is 0. The molecule has 0 heterocycles. The van der Waals surface area contributed by atoms with E-state index in [0.717, 1.165) is 37.1 Å². The van der Waals surface area contributed by atoms with Crippen molar-refractivity contribution in [2.24, 2.45) is 5.92 Å². The Morgan fingerprint density at radius 3 is 2.94 bits per heavy atom. The van der Waals surface area contributed by atoms with Crippen LogP contribution >= 0.6 is 0 Å². The van der Waals surface area contributed by atoms with Gasteiger partial charge >= 0.3 is 0 Å². The van der Waals surface area contributed by atoms with Crippen LogP contribution in [-0.4, -0.2) is 12.5 Å². The fourth-order valence-electron chi connectivity index (χ4n) is 2.20. The van der Waals surface area contributed by atoms with Crippen molar-refractivity contribution in [2.75, 3.05) is 12.3 Å². The van der Waals surface area contributed by atoms with E-state index in [0.29, 0.717) is 11.5 Å². The lowest BCUT2D eigenvalue weighted by molar-refractivity contribution is 0.0946. The van der Waals surface area contributed by atoms with Crippen LogP contribution in [0.4, 0.5) is 5.69 Å². The molecule has 1 unspecified atom stereocenters. The van der Waals surface area contributed by atoms with Gasteiger partial charge in [-0.1, -0.05) is 12.2 Å². The van der Waals surface area contributed by atoms with Crippen molar-refractivity contribution in [1.82, 2.24) is 5.32 Å². The number of nitrogen functional groups attached to an aromatic ring is 1. The second-order valence-corrected chi connectivity index (χ2v) is 4.93. The van der Waals surface area contributed by atoms with E-state index in [-0.39, 0.29) is 5.91 Å². The highest BCUT2D eigenvalue weighted by atomic mass is 16.1. The van der Waals surface area contributed by atoms with Crippen LogP contribution in [0.2, 0.25) is 0 Å². The number of nitrogens with two attached hydrogens (primary N) is 1. The molecule has 0 aliphatic heterocycles. The third-order valence-corrected chi connectivity index (χ3v) is 3.46. The molecule has 3 N–H and O–H groups in total. The second kappa shape index (κ2) is 5.71. The largest absolute Gasteiger partial charge is 0.399 e. The molecule has 3 nitrogen and oxygen atoms in total. The van der Waals surface area contributed by atoms with Crippen molar-refractivity contribution in [2.45, 2.75) is 26.2 Å². The van der Waals surface area contributed by atoms with Gasteiger partial charge < -0.3 is 11.1 Å². The predicted octanol–water partition coefficient (Wildman–Crippen LogP) is 2.66. The van der Waals surface area contributed by atoms with Gasteiger partial charge in [0.25, 0.3) is 5.91 Å². The third kappa shape index (κ3) is 3.13. The average Bonchev–Trinajstić information content (AvgIpc) is 2.40. The van der Waals surface area contributed by atoms with Gasteiger partial charge in [0.2, 0.25) is 0 Å². The minimum atomic E-state index is -0.00680. The zero-order valence-electron chi connectivity index (χ0n) is 10.8. The number of nitrogens with one attached hydrogen (secondary N) is 1. The maximum Gasteiger partial charge on any atom is 0.251 e. The van der Waals surface area contributed by atoms with Crippen LogP contribution in [0.3, 0.4) is 0 Å². The molecule has 1 aliphatic rings. The monoisotopic (exact) mass is 244 g/mol. The Morgan fingerprint density at radius 1 is 1.44 bits per heavy atom. The molecule has 1 aliphatic carbocycles. The van der Waals surface area contributed by atoms with Crippen molar-refractivity contribution in [1.29, 1.82) is 0 Å². The Bertz CT molecular complexity index is 466. The molecule has 1 atom stereocenters. The zero-order valence-corrected chi connectivity index (χ0v) is 10.8. The summed E-state index contributed by atoms with van der Waals surface area (Å²) >= 11 is 0. The van der Waals surface area contributed by atoms with Crippen LogP contribution in [0.15, 0.2) is 30.4 Å². The van der Waals surface area contributed by atoms with Crippen LogP contribution in [0.25, 0.3) is 0 Å². The van der Waals surface area contributed by atoms with E-state index in [4.69, 9.17) is 5.73 Å². The summed E-state index contributed by atoms with van der Waals surface area (Å²) in [6.07, 6.45) is 7.77. The Labute approximate surface area is 108 Å². The average molecular weight is 244 g/mol.